The number of aromatic nitrogens is 1. The van der Waals surface area contributed by atoms with Crippen molar-refractivity contribution in [3.05, 3.63) is 27.1 Å². The molecule has 0 fully saturated rings. The summed E-state index contributed by atoms with van der Waals surface area (Å²) < 4.78 is 61.0. The number of hydrogen-bond donors (Lipinski definition) is 0. The van der Waals surface area contributed by atoms with Crippen molar-refractivity contribution in [1.29, 1.82) is 0 Å². The average molecular weight is 323 g/mol. The standard InChI is InChI=1S/C7H3F5IN/c8-6(9)3-1-14-2-4(13)5(3)7(10,11)12/h1-2,6H. The Morgan fingerprint density at radius 1 is 1.21 bits per heavy atom. The first-order valence-electron chi connectivity index (χ1n) is 3.32. The van der Waals surface area contributed by atoms with Crippen LogP contribution in [0.15, 0.2) is 12.4 Å². The first kappa shape index (κ1) is 11.6. The molecular weight excluding hydrogens is 320 g/mol. The highest BCUT2D eigenvalue weighted by molar-refractivity contribution is 14.1. The van der Waals surface area contributed by atoms with Gasteiger partial charge in [-0.3, -0.25) is 4.98 Å². The van der Waals surface area contributed by atoms with Crippen LogP contribution in [0.3, 0.4) is 0 Å². The molecule has 0 aliphatic rings. The molecule has 1 heterocycles. The normalized spacial score (nSPS) is 12.2. The molecule has 0 aliphatic heterocycles. The van der Waals surface area contributed by atoms with Gasteiger partial charge in [0, 0.05) is 21.5 Å². The third-order valence-electron chi connectivity index (χ3n) is 1.45. The molecule has 0 N–H and O–H groups in total. The zero-order valence-electron chi connectivity index (χ0n) is 6.45. The lowest BCUT2D eigenvalue weighted by molar-refractivity contribution is -0.140. The van der Waals surface area contributed by atoms with Crippen LogP contribution in [0, 0.1) is 3.57 Å². The Bertz CT molecular complexity index is 335. The zero-order valence-corrected chi connectivity index (χ0v) is 8.60. The van der Waals surface area contributed by atoms with Gasteiger partial charge in [-0.2, -0.15) is 13.2 Å². The fraction of sp³-hybridized carbons (Fsp3) is 0.286. The van der Waals surface area contributed by atoms with Gasteiger partial charge >= 0.3 is 6.18 Å². The van der Waals surface area contributed by atoms with E-state index >= 15 is 0 Å². The fourth-order valence-corrected chi connectivity index (χ4v) is 1.69. The Hall–Kier alpha value is -0.470. The molecule has 0 aromatic carbocycles. The molecule has 0 unspecified atom stereocenters. The van der Waals surface area contributed by atoms with Gasteiger partial charge in [0.25, 0.3) is 6.43 Å². The van der Waals surface area contributed by atoms with Gasteiger partial charge in [-0.05, 0) is 22.6 Å². The summed E-state index contributed by atoms with van der Waals surface area (Å²) >= 11 is 1.33. The predicted molar refractivity (Wildman–Crippen MR) is 46.9 cm³/mol. The van der Waals surface area contributed by atoms with Crippen molar-refractivity contribution >= 4 is 22.6 Å². The number of alkyl halides is 5. The molecule has 1 aromatic rings. The Morgan fingerprint density at radius 3 is 2.14 bits per heavy atom. The van der Waals surface area contributed by atoms with Gasteiger partial charge in [0.1, 0.15) is 0 Å². The summed E-state index contributed by atoms with van der Waals surface area (Å²) in [5, 5.41) is 0. The molecule has 1 aromatic heterocycles. The van der Waals surface area contributed by atoms with Crippen LogP contribution < -0.4 is 0 Å². The van der Waals surface area contributed by atoms with Gasteiger partial charge in [-0.1, -0.05) is 0 Å². The first-order chi connectivity index (χ1) is 6.34. The summed E-state index contributed by atoms with van der Waals surface area (Å²) in [6, 6.07) is 0. The van der Waals surface area contributed by atoms with Crippen LogP contribution in [0.1, 0.15) is 17.6 Å². The Morgan fingerprint density at radius 2 is 1.79 bits per heavy atom. The van der Waals surface area contributed by atoms with E-state index < -0.39 is 23.7 Å². The molecule has 0 amide bonds. The molecule has 78 valence electrons. The van der Waals surface area contributed by atoms with Crippen molar-refractivity contribution in [3.8, 4) is 0 Å². The van der Waals surface area contributed by atoms with Crippen molar-refractivity contribution in [2.75, 3.05) is 0 Å². The molecule has 0 atom stereocenters. The van der Waals surface area contributed by atoms with Crippen LogP contribution in [0.5, 0.6) is 0 Å². The van der Waals surface area contributed by atoms with E-state index in [1.54, 1.807) is 0 Å². The molecule has 0 saturated carbocycles. The minimum Gasteiger partial charge on any atom is -0.263 e. The van der Waals surface area contributed by atoms with Crippen molar-refractivity contribution in [2.45, 2.75) is 12.6 Å². The third-order valence-corrected chi connectivity index (χ3v) is 2.27. The molecule has 0 radical (unpaired) electrons. The average Bonchev–Trinajstić information content (AvgIpc) is 2.01. The van der Waals surface area contributed by atoms with Crippen molar-refractivity contribution in [3.63, 3.8) is 0 Å². The molecule has 0 saturated heterocycles. The Kier molecular flexibility index (Phi) is 3.28. The van der Waals surface area contributed by atoms with E-state index in [1.165, 1.54) is 22.6 Å². The van der Waals surface area contributed by atoms with Gasteiger partial charge in [-0.25, -0.2) is 8.78 Å². The molecule has 14 heavy (non-hydrogen) atoms. The predicted octanol–water partition coefficient (Wildman–Crippen LogP) is 3.64. The highest BCUT2D eigenvalue weighted by Gasteiger charge is 2.38. The minimum atomic E-state index is -4.77. The maximum atomic E-state index is 12.3. The van der Waals surface area contributed by atoms with E-state index in [9.17, 15) is 22.0 Å². The van der Waals surface area contributed by atoms with Crippen LogP contribution in [0.2, 0.25) is 0 Å². The second-order valence-electron chi connectivity index (χ2n) is 2.38. The van der Waals surface area contributed by atoms with E-state index in [2.05, 4.69) is 4.98 Å². The van der Waals surface area contributed by atoms with Crippen LogP contribution in [0.25, 0.3) is 0 Å². The third kappa shape index (κ3) is 2.31. The summed E-state index contributed by atoms with van der Waals surface area (Å²) in [5.74, 6) is 0. The molecule has 1 nitrogen and oxygen atoms in total. The number of halogens is 6. The molecule has 7 heteroatoms. The van der Waals surface area contributed by atoms with Crippen LogP contribution >= 0.6 is 22.6 Å². The molecule has 0 spiro atoms. The van der Waals surface area contributed by atoms with E-state index in [4.69, 9.17) is 0 Å². The number of nitrogens with zero attached hydrogens (tertiary/aromatic N) is 1. The maximum Gasteiger partial charge on any atom is 0.418 e. The van der Waals surface area contributed by atoms with E-state index in [0.29, 0.717) is 6.20 Å². The number of pyridine rings is 1. The van der Waals surface area contributed by atoms with Crippen LogP contribution in [-0.2, 0) is 6.18 Å². The monoisotopic (exact) mass is 323 g/mol. The number of rotatable bonds is 1. The maximum absolute atomic E-state index is 12.3. The van der Waals surface area contributed by atoms with E-state index in [0.717, 1.165) is 6.20 Å². The second-order valence-corrected chi connectivity index (χ2v) is 3.55. The zero-order chi connectivity index (χ0) is 10.9. The first-order valence-corrected chi connectivity index (χ1v) is 4.40. The largest absolute Gasteiger partial charge is 0.418 e. The van der Waals surface area contributed by atoms with Crippen molar-refractivity contribution in [2.24, 2.45) is 0 Å². The summed E-state index contributed by atoms with van der Waals surface area (Å²) in [5.41, 5.74) is -2.38. The van der Waals surface area contributed by atoms with Crippen LogP contribution in [0.4, 0.5) is 22.0 Å². The highest BCUT2D eigenvalue weighted by Crippen LogP contribution is 2.38. The van der Waals surface area contributed by atoms with Gasteiger partial charge in [0.2, 0.25) is 0 Å². The lowest BCUT2D eigenvalue weighted by Crippen LogP contribution is -2.12. The molecule has 0 bridgehead atoms. The summed E-state index contributed by atoms with van der Waals surface area (Å²) in [4.78, 5) is 3.29. The lowest BCUT2D eigenvalue weighted by Gasteiger charge is -2.13. The SMILES string of the molecule is FC(F)c1cncc(I)c1C(F)(F)F. The fourth-order valence-electron chi connectivity index (χ4n) is 0.915. The molecule has 0 aliphatic carbocycles. The number of hydrogen-bond acceptors (Lipinski definition) is 1. The van der Waals surface area contributed by atoms with Gasteiger partial charge in [0.15, 0.2) is 0 Å². The van der Waals surface area contributed by atoms with Crippen molar-refractivity contribution < 1.29 is 22.0 Å². The van der Waals surface area contributed by atoms with Crippen molar-refractivity contribution in [1.82, 2.24) is 4.98 Å². The summed E-state index contributed by atoms with van der Waals surface area (Å²) in [7, 11) is 0. The summed E-state index contributed by atoms with van der Waals surface area (Å²) in [6.07, 6.45) is -6.51. The summed E-state index contributed by atoms with van der Waals surface area (Å²) in [6.45, 7) is 0. The smallest absolute Gasteiger partial charge is 0.263 e. The van der Waals surface area contributed by atoms with Gasteiger partial charge < -0.3 is 0 Å². The van der Waals surface area contributed by atoms with Gasteiger partial charge in [-0.15, -0.1) is 0 Å². The van der Waals surface area contributed by atoms with Gasteiger partial charge in [0.05, 0.1) is 5.56 Å². The Balaban J connectivity index is 3.38. The molecule has 1 rings (SSSR count). The van der Waals surface area contributed by atoms with E-state index in [-0.39, 0.29) is 3.57 Å². The second kappa shape index (κ2) is 3.95. The minimum absolute atomic E-state index is 0.326. The quantitative estimate of drug-likeness (QED) is 0.568. The Labute approximate surface area is 89.5 Å². The van der Waals surface area contributed by atoms with E-state index in [1.807, 2.05) is 0 Å². The topological polar surface area (TPSA) is 12.9 Å². The highest BCUT2D eigenvalue weighted by atomic mass is 127. The molecular formula is C7H3F5IN. The lowest BCUT2D eigenvalue weighted by atomic mass is 10.1. The van der Waals surface area contributed by atoms with Crippen LogP contribution in [-0.4, -0.2) is 4.98 Å².